The second-order valence-corrected chi connectivity index (χ2v) is 9.50. The second-order valence-electron chi connectivity index (χ2n) is 9.50. The monoisotopic (exact) mass is 476 g/mol. The number of amidine groups is 1. The highest BCUT2D eigenvalue weighted by atomic mass is 16.6. The number of nitrogens with two attached hydrogens (primary N) is 1. The largest absolute Gasteiger partial charge is 0.494 e. The Bertz CT molecular complexity index is 820. The van der Waals surface area contributed by atoms with Crippen LogP contribution in [0.25, 0.3) is 0 Å². The number of ether oxygens (including phenoxy) is 2. The van der Waals surface area contributed by atoms with E-state index in [0.717, 1.165) is 25.8 Å². The Morgan fingerprint density at radius 3 is 2.47 bits per heavy atom. The first-order valence-corrected chi connectivity index (χ1v) is 12.1. The molecule has 190 valence electrons. The fraction of sp³-hybridized carbons (Fsp3) is 0.640. The van der Waals surface area contributed by atoms with Crippen LogP contribution in [0.2, 0.25) is 0 Å². The van der Waals surface area contributed by atoms with Gasteiger partial charge in [0.15, 0.2) is 6.23 Å². The molecule has 0 radical (unpaired) electrons. The summed E-state index contributed by atoms with van der Waals surface area (Å²) in [6.07, 6.45) is 3.35. The maximum Gasteiger partial charge on any atom is 0.436 e. The molecule has 3 N–H and O–H groups in total. The van der Waals surface area contributed by atoms with Crippen LogP contribution in [0.5, 0.6) is 5.75 Å². The number of carbonyl (C=O) groups excluding carboxylic acids is 2. The predicted octanol–water partition coefficient (Wildman–Crippen LogP) is 3.14. The van der Waals surface area contributed by atoms with Crippen molar-refractivity contribution in [1.29, 1.82) is 0 Å². The molecule has 1 aliphatic heterocycles. The van der Waals surface area contributed by atoms with Crippen LogP contribution in [0.15, 0.2) is 29.3 Å². The lowest BCUT2D eigenvalue weighted by Gasteiger charge is -2.38. The van der Waals surface area contributed by atoms with E-state index in [1.165, 1.54) is 6.42 Å². The standard InChI is InChI=1S/C25H40N4O5/c1-5-6-7-8-14-28-16-17-29(23(31)22(28)30)15-9-18-33-20-12-10-19(11-13-20)21(26)27-24(32)34-25(2,3)4/h10-13,22,30H,5-9,14-18H2,1-4H3,(H2,26,27,32). The number of aliphatic hydroxyl groups is 1. The minimum absolute atomic E-state index is 0.0716. The number of hydrogen-bond acceptors (Lipinski definition) is 6. The van der Waals surface area contributed by atoms with Crippen LogP contribution in [-0.4, -0.2) is 77.4 Å². The van der Waals surface area contributed by atoms with E-state index >= 15 is 0 Å². The van der Waals surface area contributed by atoms with Gasteiger partial charge in [0.25, 0.3) is 5.91 Å². The fourth-order valence-corrected chi connectivity index (χ4v) is 3.61. The van der Waals surface area contributed by atoms with Gasteiger partial charge in [0.1, 0.15) is 17.2 Å². The van der Waals surface area contributed by atoms with E-state index in [9.17, 15) is 14.7 Å². The van der Waals surface area contributed by atoms with Gasteiger partial charge in [-0.2, -0.15) is 4.99 Å². The molecule has 1 aliphatic rings. The average Bonchev–Trinajstić information content (AvgIpc) is 2.77. The van der Waals surface area contributed by atoms with E-state index < -0.39 is 17.9 Å². The highest BCUT2D eigenvalue weighted by Gasteiger charge is 2.32. The quantitative estimate of drug-likeness (QED) is 0.286. The van der Waals surface area contributed by atoms with Crippen molar-refractivity contribution in [3.05, 3.63) is 29.8 Å². The summed E-state index contributed by atoms with van der Waals surface area (Å²) in [7, 11) is 0. The topological polar surface area (TPSA) is 118 Å². The van der Waals surface area contributed by atoms with E-state index in [2.05, 4.69) is 11.9 Å². The van der Waals surface area contributed by atoms with Crippen LogP contribution in [0.4, 0.5) is 4.79 Å². The molecular formula is C25H40N4O5. The number of unbranched alkanes of at least 4 members (excludes halogenated alkanes) is 3. The second kappa shape index (κ2) is 13.3. The van der Waals surface area contributed by atoms with Crippen LogP contribution in [0.3, 0.4) is 0 Å². The molecule has 2 amide bonds. The molecule has 0 aliphatic carbocycles. The molecule has 0 spiro atoms. The number of nitrogens with zero attached hydrogens (tertiary/aromatic N) is 3. The van der Waals surface area contributed by atoms with E-state index in [1.54, 1.807) is 49.9 Å². The molecule has 9 heteroatoms. The summed E-state index contributed by atoms with van der Waals surface area (Å²) in [4.78, 5) is 31.6. The van der Waals surface area contributed by atoms with Crippen molar-refractivity contribution < 1.29 is 24.2 Å². The van der Waals surface area contributed by atoms with Gasteiger partial charge in [-0.1, -0.05) is 26.2 Å². The summed E-state index contributed by atoms with van der Waals surface area (Å²) < 4.78 is 10.9. The number of carbonyl (C=O) groups is 2. The first kappa shape index (κ1) is 27.6. The number of piperazine rings is 1. The molecular weight excluding hydrogens is 436 g/mol. The zero-order valence-corrected chi connectivity index (χ0v) is 21.0. The van der Waals surface area contributed by atoms with Gasteiger partial charge in [0, 0.05) is 31.7 Å². The number of amides is 2. The Kier molecular flexibility index (Phi) is 10.8. The number of benzene rings is 1. The number of rotatable bonds is 11. The van der Waals surface area contributed by atoms with Crippen molar-refractivity contribution in [3.8, 4) is 5.75 Å². The third kappa shape index (κ3) is 9.30. The molecule has 0 bridgehead atoms. The Hall–Kier alpha value is -2.65. The highest BCUT2D eigenvalue weighted by molar-refractivity contribution is 6.02. The Morgan fingerprint density at radius 2 is 1.82 bits per heavy atom. The zero-order valence-electron chi connectivity index (χ0n) is 21.0. The first-order chi connectivity index (χ1) is 16.1. The summed E-state index contributed by atoms with van der Waals surface area (Å²) in [5.74, 6) is 0.491. The number of hydrogen-bond donors (Lipinski definition) is 2. The van der Waals surface area contributed by atoms with Gasteiger partial charge >= 0.3 is 6.09 Å². The van der Waals surface area contributed by atoms with Crippen LogP contribution in [-0.2, 0) is 9.53 Å². The number of aliphatic hydroxyl groups excluding tert-OH is 1. The third-order valence-corrected chi connectivity index (χ3v) is 5.43. The van der Waals surface area contributed by atoms with Crippen LogP contribution >= 0.6 is 0 Å². The third-order valence-electron chi connectivity index (χ3n) is 5.43. The SMILES string of the molecule is CCCCCCN1CCN(CCCOc2ccc(/C(N)=N/C(=O)OC(C)(C)C)cc2)C(=O)C1O. The van der Waals surface area contributed by atoms with Gasteiger partial charge in [0.2, 0.25) is 0 Å². The summed E-state index contributed by atoms with van der Waals surface area (Å²) >= 11 is 0. The predicted molar refractivity (Wildman–Crippen MR) is 132 cm³/mol. The van der Waals surface area contributed by atoms with Crippen molar-refractivity contribution in [3.63, 3.8) is 0 Å². The Morgan fingerprint density at radius 1 is 1.12 bits per heavy atom. The van der Waals surface area contributed by atoms with Gasteiger partial charge in [-0.25, -0.2) is 4.79 Å². The lowest BCUT2D eigenvalue weighted by atomic mass is 10.2. The van der Waals surface area contributed by atoms with Gasteiger partial charge in [-0.3, -0.25) is 9.69 Å². The zero-order chi connectivity index (χ0) is 25.1. The lowest BCUT2D eigenvalue weighted by molar-refractivity contribution is -0.158. The summed E-state index contributed by atoms with van der Waals surface area (Å²) in [5.41, 5.74) is 5.84. The van der Waals surface area contributed by atoms with Crippen molar-refractivity contribution in [2.24, 2.45) is 10.7 Å². The minimum Gasteiger partial charge on any atom is -0.494 e. The van der Waals surface area contributed by atoms with Crippen LogP contribution in [0.1, 0.15) is 65.4 Å². The Balaban J connectivity index is 1.73. The molecule has 1 atom stereocenters. The van der Waals surface area contributed by atoms with Crippen molar-refractivity contribution in [2.75, 3.05) is 32.8 Å². The summed E-state index contributed by atoms with van der Waals surface area (Å²) in [6, 6.07) is 6.94. The highest BCUT2D eigenvalue weighted by Crippen LogP contribution is 2.15. The molecule has 9 nitrogen and oxygen atoms in total. The van der Waals surface area contributed by atoms with E-state index in [-0.39, 0.29) is 11.7 Å². The van der Waals surface area contributed by atoms with E-state index in [4.69, 9.17) is 15.2 Å². The maximum atomic E-state index is 12.5. The average molecular weight is 477 g/mol. The molecule has 1 heterocycles. The normalized spacial score (nSPS) is 17.7. The maximum absolute atomic E-state index is 12.5. The van der Waals surface area contributed by atoms with Gasteiger partial charge in [-0.15, -0.1) is 0 Å². The van der Waals surface area contributed by atoms with Crippen LogP contribution in [0, 0.1) is 0 Å². The van der Waals surface area contributed by atoms with E-state index in [1.807, 2.05) is 4.90 Å². The van der Waals surface area contributed by atoms with Gasteiger partial charge < -0.3 is 25.2 Å². The lowest BCUT2D eigenvalue weighted by Crippen LogP contribution is -2.57. The molecule has 0 saturated carbocycles. The van der Waals surface area contributed by atoms with Crippen molar-refractivity contribution in [2.45, 2.75) is 71.6 Å². The van der Waals surface area contributed by atoms with Crippen molar-refractivity contribution >= 4 is 17.8 Å². The first-order valence-electron chi connectivity index (χ1n) is 12.1. The molecule has 1 unspecified atom stereocenters. The summed E-state index contributed by atoms with van der Waals surface area (Å²) in [5, 5.41) is 10.3. The molecule has 1 aromatic carbocycles. The van der Waals surface area contributed by atoms with Gasteiger partial charge in [-0.05, 0) is 57.9 Å². The van der Waals surface area contributed by atoms with Crippen molar-refractivity contribution in [1.82, 2.24) is 9.80 Å². The number of aliphatic imine (C=N–C) groups is 1. The fourth-order valence-electron chi connectivity index (χ4n) is 3.61. The molecule has 1 saturated heterocycles. The molecule has 0 aromatic heterocycles. The molecule has 2 rings (SSSR count). The smallest absolute Gasteiger partial charge is 0.436 e. The molecule has 1 aromatic rings. The summed E-state index contributed by atoms with van der Waals surface area (Å²) in [6.45, 7) is 10.5. The molecule has 34 heavy (non-hydrogen) atoms. The van der Waals surface area contributed by atoms with E-state index in [0.29, 0.717) is 44.0 Å². The Labute approximate surface area is 202 Å². The molecule has 1 fully saturated rings. The van der Waals surface area contributed by atoms with Crippen LogP contribution < -0.4 is 10.5 Å². The minimum atomic E-state index is -1.04. The van der Waals surface area contributed by atoms with Gasteiger partial charge in [0.05, 0.1) is 6.61 Å².